The fourth-order valence-corrected chi connectivity index (χ4v) is 2.29. The molecule has 0 saturated heterocycles. The Hall–Kier alpha value is -1.61. The number of anilines is 1. The van der Waals surface area contributed by atoms with E-state index in [0.29, 0.717) is 0 Å². The molecule has 106 valence electrons. The molecule has 0 spiro atoms. The Bertz CT molecular complexity index is 593. The van der Waals surface area contributed by atoms with Gasteiger partial charge in [0.15, 0.2) is 5.82 Å². The van der Waals surface area contributed by atoms with E-state index in [2.05, 4.69) is 43.2 Å². The maximum atomic E-state index is 5.91. The Morgan fingerprint density at radius 1 is 1.10 bits per heavy atom. The van der Waals surface area contributed by atoms with E-state index in [-0.39, 0.29) is 6.04 Å². The normalized spacial score (nSPS) is 12.2. The highest BCUT2D eigenvalue weighted by Gasteiger charge is 2.12. The molecule has 0 radical (unpaired) electrons. The number of benzene rings is 1. The van der Waals surface area contributed by atoms with Gasteiger partial charge in [-0.2, -0.15) is 5.10 Å². The van der Waals surface area contributed by atoms with Gasteiger partial charge in [-0.3, -0.25) is 0 Å². The van der Waals surface area contributed by atoms with Crippen LogP contribution in [0, 0.1) is 13.8 Å². The molecule has 1 atom stereocenters. The molecule has 1 aromatic carbocycles. The molecular weight excluding hydrogens is 270 g/mol. The zero-order chi connectivity index (χ0) is 14.7. The van der Waals surface area contributed by atoms with Gasteiger partial charge < -0.3 is 5.32 Å². The average Bonchev–Trinajstić information content (AvgIpc) is 2.45. The van der Waals surface area contributed by atoms with E-state index in [0.717, 1.165) is 28.5 Å². The number of nitrogens with zero attached hydrogens (tertiary/aromatic N) is 2. The molecule has 1 N–H and O–H groups in total. The van der Waals surface area contributed by atoms with Crippen LogP contribution in [-0.2, 0) is 6.42 Å². The molecule has 1 heterocycles. The summed E-state index contributed by atoms with van der Waals surface area (Å²) in [4.78, 5) is 0. The average molecular weight is 290 g/mol. The van der Waals surface area contributed by atoms with Crippen LogP contribution in [0.2, 0.25) is 5.02 Å². The minimum atomic E-state index is 0.159. The summed E-state index contributed by atoms with van der Waals surface area (Å²) in [6.45, 7) is 8.38. The largest absolute Gasteiger partial charge is 0.362 e. The molecule has 4 heteroatoms. The van der Waals surface area contributed by atoms with E-state index in [9.17, 15) is 0 Å². The summed E-state index contributed by atoms with van der Waals surface area (Å²) in [7, 11) is 0. The van der Waals surface area contributed by atoms with Crippen LogP contribution in [-0.4, -0.2) is 10.2 Å². The number of nitrogens with one attached hydrogen (secondary N) is 1. The molecule has 0 aliphatic carbocycles. The van der Waals surface area contributed by atoms with Crippen molar-refractivity contribution < 1.29 is 0 Å². The number of aromatic nitrogens is 2. The highest BCUT2D eigenvalue weighted by molar-refractivity contribution is 6.30. The number of rotatable bonds is 4. The summed E-state index contributed by atoms with van der Waals surface area (Å²) in [6.07, 6.45) is 0.909. The van der Waals surface area contributed by atoms with Gasteiger partial charge in [0, 0.05) is 5.02 Å². The summed E-state index contributed by atoms with van der Waals surface area (Å²) >= 11 is 5.91. The molecule has 0 aliphatic heterocycles. The van der Waals surface area contributed by atoms with Crippen molar-refractivity contribution in [2.75, 3.05) is 5.32 Å². The lowest BCUT2D eigenvalue weighted by Crippen LogP contribution is -2.12. The fourth-order valence-electron chi connectivity index (χ4n) is 2.17. The molecule has 2 rings (SSSR count). The van der Waals surface area contributed by atoms with Crippen LogP contribution in [0.4, 0.5) is 5.82 Å². The van der Waals surface area contributed by atoms with E-state index in [1.807, 2.05) is 24.3 Å². The Morgan fingerprint density at radius 3 is 2.35 bits per heavy atom. The molecule has 3 nitrogen and oxygen atoms in total. The van der Waals surface area contributed by atoms with Crippen LogP contribution in [0.3, 0.4) is 0 Å². The molecule has 0 unspecified atom stereocenters. The third-order valence-electron chi connectivity index (χ3n) is 3.68. The summed E-state index contributed by atoms with van der Waals surface area (Å²) < 4.78 is 0. The van der Waals surface area contributed by atoms with Gasteiger partial charge in [-0.25, -0.2) is 0 Å². The van der Waals surface area contributed by atoms with E-state index in [4.69, 9.17) is 11.6 Å². The Morgan fingerprint density at radius 2 is 1.75 bits per heavy atom. The molecule has 0 bridgehead atoms. The third kappa shape index (κ3) is 3.10. The summed E-state index contributed by atoms with van der Waals surface area (Å²) in [5.41, 5.74) is 4.62. The van der Waals surface area contributed by atoms with Crippen LogP contribution in [0.5, 0.6) is 0 Å². The quantitative estimate of drug-likeness (QED) is 0.901. The highest BCUT2D eigenvalue weighted by atomic mass is 35.5. The van der Waals surface area contributed by atoms with E-state index < -0.39 is 0 Å². The van der Waals surface area contributed by atoms with Crippen LogP contribution < -0.4 is 5.32 Å². The van der Waals surface area contributed by atoms with Crippen LogP contribution in [0.1, 0.15) is 42.3 Å². The van der Waals surface area contributed by atoms with Crippen LogP contribution >= 0.6 is 11.6 Å². The Labute approximate surface area is 125 Å². The monoisotopic (exact) mass is 289 g/mol. The zero-order valence-electron chi connectivity index (χ0n) is 12.4. The topological polar surface area (TPSA) is 37.8 Å². The van der Waals surface area contributed by atoms with Crippen molar-refractivity contribution in [1.82, 2.24) is 10.2 Å². The third-order valence-corrected chi connectivity index (χ3v) is 3.93. The Kier molecular flexibility index (Phi) is 4.61. The van der Waals surface area contributed by atoms with E-state index in [1.54, 1.807) is 0 Å². The lowest BCUT2D eigenvalue weighted by atomic mass is 10.1. The lowest BCUT2D eigenvalue weighted by molar-refractivity contribution is 0.833. The first-order chi connectivity index (χ1) is 9.52. The van der Waals surface area contributed by atoms with Gasteiger partial charge in [-0.1, -0.05) is 30.7 Å². The van der Waals surface area contributed by atoms with Gasteiger partial charge in [0.05, 0.1) is 11.7 Å². The molecule has 1 aromatic heterocycles. The molecule has 2 aromatic rings. The second-order valence-corrected chi connectivity index (χ2v) is 5.45. The number of halogens is 1. The summed E-state index contributed by atoms with van der Waals surface area (Å²) in [5, 5.41) is 12.8. The minimum absolute atomic E-state index is 0.159. The van der Waals surface area contributed by atoms with E-state index >= 15 is 0 Å². The molecule has 0 aliphatic rings. The van der Waals surface area contributed by atoms with Crippen molar-refractivity contribution >= 4 is 17.4 Å². The SMILES string of the molecule is CCc1nnc(N[C@@H](C)c2ccc(Cl)cc2)c(C)c1C. The maximum Gasteiger partial charge on any atom is 0.152 e. The van der Waals surface area contributed by atoms with Crippen molar-refractivity contribution in [2.24, 2.45) is 0 Å². The van der Waals surface area contributed by atoms with Gasteiger partial charge in [0.2, 0.25) is 0 Å². The van der Waals surface area contributed by atoms with Crippen LogP contribution in [0.25, 0.3) is 0 Å². The predicted octanol–water partition coefficient (Wildman–Crippen LogP) is 4.48. The second-order valence-electron chi connectivity index (χ2n) is 5.02. The van der Waals surface area contributed by atoms with Gasteiger partial charge >= 0.3 is 0 Å². The number of hydrogen-bond donors (Lipinski definition) is 1. The number of aryl methyl sites for hydroxylation is 1. The van der Waals surface area contributed by atoms with Crippen molar-refractivity contribution in [3.63, 3.8) is 0 Å². The van der Waals surface area contributed by atoms with Gasteiger partial charge in [0.25, 0.3) is 0 Å². The van der Waals surface area contributed by atoms with Crippen molar-refractivity contribution in [3.05, 3.63) is 51.7 Å². The summed E-state index contributed by atoms with van der Waals surface area (Å²) in [5.74, 6) is 0.849. The zero-order valence-corrected chi connectivity index (χ0v) is 13.1. The molecule has 0 fully saturated rings. The maximum absolute atomic E-state index is 5.91. The molecule has 20 heavy (non-hydrogen) atoms. The Balaban J connectivity index is 2.21. The molecule has 0 amide bonds. The van der Waals surface area contributed by atoms with Crippen molar-refractivity contribution in [2.45, 2.75) is 40.2 Å². The highest BCUT2D eigenvalue weighted by Crippen LogP contribution is 2.23. The second kappa shape index (κ2) is 6.23. The smallest absolute Gasteiger partial charge is 0.152 e. The van der Waals surface area contributed by atoms with Gasteiger partial charge in [0.1, 0.15) is 0 Å². The van der Waals surface area contributed by atoms with Gasteiger partial charge in [-0.05, 0) is 56.0 Å². The summed E-state index contributed by atoms with van der Waals surface area (Å²) in [6, 6.07) is 8.01. The van der Waals surface area contributed by atoms with Gasteiger partial charge in [-0.15, -0.1) is 5.10 Å². The minimum Gasteiger partial charge on any atom is -0.362 e. The van der Waals surface area contributed by atoms with E-state index in [1.165, 1.54) is 11.1 Å². The number of hydrogen-bond acceptors (Lipinski definition) is 3. The first-order valence-electron chi connectivity index (χ1n) is 6.87. The standard InChI is InChI=1S/C16H20ClN3/c1-5-15-10(2)11(3)16(20-19-15)18-12(4)13-6-8-14(17)9-7-13/h6-9,12H,5H2,1-4H3,(H,18,20)/t12-/m0/s1. The lowest BCUT2D eigenvalue weighted by Gasteiger charge is -2.18. The fraction of sp³-hybridized carbons (Fsp3) is 0.375. The predicted molar refractivity (Wildman–Crippen MR) is 84.4 cm³/mol. The molecular formula is C16H20ClN3. The van der Waals surface area contributed by atoms with Crippen molar-refractivity contribution in [3.8, 4) is 0 Å². The molecule has 0 saturated carbocycles. The first kappa shape index (κ1) is 14.8. The van der Waals surface area contributed by atoms with Crippen LogP contribution in [0.15, 0.2) is 24.3 Å². The van der Waals surface area contributed by atoms with Crippen molar-refractivity contribution in [1.29, 1.82) is 0 Å². The first-order valence-corrected chi connectivity index (χ1v) is 7.25.